The van der Waals surface area contributed by atoms with Crippen LogP contribution in [0.2, 0.25) is 0 Å². The number of carbonyl (C=O) groups is 1. The van der Waals surface area contributed by atoms with Gasteiger partial charge in [0.1, 0.15) is 11.8 Å². The molecule has 0 aromatic heterocycles. The van der Waals surface area contributed by atoms with Crippen molar-refractivity contribution in [3.63, 3.8) is 0 Å². The van der Waals surface area contributed by atoms with Gasteiger partial charge in [-0.3, -0.25) is 4.79 Å². The van der Waals surface area contributed by atoms with Gasteiger partial charge in [0.15, 0.2) is 0 Å². The first-order valence-corrected chi connectivity index (χ1v) is 4.26. The topological polar surface area (TPSA) is 38.8 Å². The van der Waals surface area contributed by atoms with E-state index in [4.69, 9.17) is 4.74 Å². The van der Waals surface area contributed by atoms with E-state index in [1.165, 1.54) is 7.11 Å². The van der Waals surface area contributed by atoms with Crippen molar-refractivity contribution in [2.75, 3.05) is 13.7 Å². The summed E-state index contributed by atoms with van der Waals surface area (Å²) in [5.74, 6) is -0.254. The Bertz CT molecular complexity index is 195. The van der Waals surface area contributed by atoms with E-state index in [-0.39, 0.29) is 12.0 Å². The lowest BCUT2D eigenvalue weighted by Crippen LogP contribution is -2.40. The SMILES string of the molecule is COC(=O)C1COC(C)(C)N1P. The van der Waals surface area contributed by atoms with Gasteiger partial charge in [0.25, 0.3) is 0 Å². The Hall–Kier alpha value is -0.180. The molecule has 1 aliphatic heterocycles. The van der Waals surface area contributed by atoms with Gasteiger partial charge in [-0.05, 0) is 13.8 Å². The maximum Gasteiger partial charge on any atom is 0.325 e. The zero-order valence-electron chi connectivity index (χ0n) is 7.53. The Balaban J connectivity index is 2.67. The lowest BCUT2D eigenvalue weighted by molar-refractivity contribution is -0.144. The van der Waals surface area contributed by atoms with Crippen molar-refractivity contribution in [3.8, 4) is 0 Å². The summed E-state index contributed by atoms with van der Waals surface area (Å²) in [6, 6.07) is -0.296. The Kier molecular flexibility index (Phi) is 2.71. The van der Waals surface area contributed by atoms with Gasteiger partial charge < -0.3 is 9.47 Å². The largest absolute Gasteiger partial charge is 0.468 e. The second-order valence-electron chi connectivity index (χ2n) is 3.20. The van der Waals surface area contributed by atoms with Crippen LogP contribution in [0, 0.1) is 0 Å². The molecular formula is C7H14NO3P. The quantitative estimate of drug-likeness (QED) is 0.444. The van der Waals surface area contributed by atoms with Crippen LogP contribution in [0.3, 0.4) is 0 Å². The highest BCUT2D eigenvalue weighted by atomic mass is 31.0. The Morgan fingerprint density at radius 1 is 1.75 bits per heavy atom. The van der Waals surface area contributed by atoms with Crippen LogP contribution in [0.1, 0.15) is 13.8 Å². The van der Waals surface area contributed by atoms with Crippen molar-refractivity contribution < 1.29 is 14.3 Å². The van der Waals surface area contributed by atoms with E-state index in [0.717, 1.165) is 0 Å². The van der Waals surface area contributed by atoms with E-state index in [0.29, 0.717) is 6.61 Å². The summed E-state index contributed by atoms with van der Waals surface area (Å²) in [5.41, 5.74) is -0.399. The normalized spacial score (nSPS) is 28.8. The molecule has 0 bridgehead atoms. The van der Waals surface area contributed by atoms with Gasteiger partial charge in [-0.25, -0.2) is 4.67 Å². The number of hydrogen-bond donors (Lipinski definition) is 0. The van der Waals surface area contributed by atoms with Crippen molar-refractivity contribution in [2.45, 2.75) is 25.6 Å². The van der Waals surface area contributed by atoms with Crippen LogP contribution >= 0.6 is 9.39 Å². The molecule has 2 unspecified atom stereocenters. The molecule has 2 atom stereocenters. The van der Waals surface area contributed by atoms with Gasteiger partial charge in [-0.1, -0.05) is 9.39 Å². The molecule has 0 saturated carbocycles. The number of nitrogens with zero attached hydrogens (tertiary/aromatic N) is 1. The standard InChI is InChI=1S/C7H14NO3P/c1-7(2)8(12)5(4-11-7)6(9)10-3/h5H,4,12H2,1-3H3. The van der Waals surface area contributed by atoms with Crippen LogP contribution in [0.4, 0.5) is 0 Å². The van der Waals surface area contributed by atoms with Crippen LogP contribution in [0.15, 0.2) is 0 Å². The van der Waals surface area contributed by atoms with Gasteiger partial charge in [0.05, 0.1) is 13.7 Å². The van der Waals surface area contributed by atoms with Gasteiger partial charge >= 0.3 is 5.97 Å². The number of esters is 1. The number of rotatable bonds is 1. The highest BCUT2D eigenvalue weighted by Gasteiger charge is 2.42. The summed E-state index contributed by atoms with van der Waals surface area (Å²) >= 11 is 0. The summed E-state index contributed by atoms with van der Waals surface area (Å²) in [6.07, 6.45) is 0. The Morgan fingerprint density at radius 3 is 2.67 bits per heavy atom. The van der Waals surface area contributed by atoms with E-state index in [1.54, 1.807) is 4.67 Å². The third-order valence-electron chi connectivity index (χ3n) is 2.03. The Morgan fingerprint density at radius 2 is 2.33 bits per heavy atom. The summed E-state index contributed by atoms with van der Waals surface area (Å²) in [7, 11) is 3.87. The first-order valence-electron chi connectivity index (χ1n) is 3.75. The van der Waals surface area contributed by atoms with E-state index < -0.39 is 5.72 Å². The molecular weight excluding hydrogens is 177 g/mol. The van der Waals surface area contributed by atoms with Crippen molar-refractivity contribution >= 4 is 15.4 Å². The van der Waals surface area contributed by atoms with Crippen LogP contribution in [0.25, 0.3) is 0 Å². The fourth-order valence-corrected chi connectivity index (χ4v) is 1.41. The minimum Gasteiger partial charge on any atom is -0.468 e. The number of methoxy groups -OCH3 is 1. The molecule has 0 amide bonds. The summed E-state index contributed by atoms with van der Waals surface area (Å²) in [5, 5.41) is 0. The monoisotopic (exact) mass is 191 g/mol. The average molecular weight is 191 g/mol. The highest BCUT2D eigenvalue weighted by Crippen LogP contribution is 2.30. The molecule has 5 heteroatoms. The van der Waals surface area contributed by atoms with E-state index in [2.05, 4.69) is 14.1 Å². The fourth-order valence-electron chi connectivity index (χ4n) is 1.13. The molecule has 1 fully saturated rings. The molecule has 12 heavy (non-hydrogen) atoms. The van der Waals surface area contributed by atoms with Gasteiger partial charge in [-0.2, -0.15) is 0 Å². The lowest BCUT2D eigenvalue weighted by Gasteiger charge is -2.27. The summed E-state index contributed by atoms with van der Waals surface area (Å²) in [4.78, 5) is 11.2. The maximum absolute atomic E-state index is 11.2. The number of ether oxygens (including phenoxy) is 2. The summed E-state index contributed by atoms with van der Waals surface area (Å²) in [6.45, 7) is 4.20. The minimum atomic E-state index is -0.399. The fraction of sp³-hybridized carbons (Fsp3) is 0.857. The zero-order chi connectivity index (χ0) is 9.35. The van der Waals surface area contributed by atoms with E-state index in [9.17, 15) is 4.79 Å². The molecule has 0 radical (unpaired) electrons. The van der Waals surface area contributed by atoms with Crippen LogP contribution in [-0.2, 0) is 14.3 Å². The first-order chi connectivity index (χ1) is 5.49. The maximum atomic E-state index is 11.2. The van der Waals surface area contributed by atoms with Crippen molar-refractivity contribution in [1.29, 1.82) is 0 Å². The minimum absolute atomic E-state index is 0.254. The molecule has 0 N–H and O–H groups in total. The molecule has 0 aromatic carbocycles. The number of hydrogen-bond acceptors (Lipinski definition) is 4. The first kappa shape index (κ1) is 9.90. The van der Waals surface area contributed by atoms with Crippen molar-refractivity contribution in [1.82, 2.24) is 4.67 Å². The zero-order valence-corrected chi connectivity index (χ0v) is 8.69. The van der Waals surface area contributed by atoms with Crippen LogP contribution in [0.5, 0.6) is 0 Å². The van der Waals surface area contributed by atoms with Crippen LogP contribution in [-0.4, -0.2) is 36.1 Å². The van der Waals surface area contributed by atoms with Gasteiger partial charge in [0.2, 0.25) is 0 Å². The van der Waals surface area contributed by atoms with Crippen LogP contribution < -0.4 is 0 Å². The molecule has 0 aromatic rings. The molecule has 70 valence electrons. The highest BCUT2D eigenvalue weighted by molar-refractivity contribution is 7.13. The van der Waals surface area contributed by atoms with E-state index in [1.807, 2.05) is 13.8 Å². The third-order valence-corrected chi connectivity index (χ3v) is 3.01. The smallest absolute Gasteiger partial charge is 0.325 e. The average Bonchev–Trinajstić information content (AvgIpc) is 2.27. The van der Waals surface area contributed by atoms with Gasteiger partial charge in [-0.15, -0.1) is 0 Å². The van der Waals surface area contributed by atoms with E-state index >= 15 is 0 Å². The molecule has 0 spiro atoms. The second kappa shape index (κ2) is 3.29. The number of carbonyl (C=O) groups excluding carboxylic acids is 1. The molecule has 1 saturated heterocycles. The predicted molar refractivity (Wildman–Crippen MR) is 47.4 cm³/mol. The molecule has 1 rings (SSSR count). The Labute approximate surface area is 74.5 Å². The van der Waals surface area contributed by atoms with Gasteiger partial charge in [0, 0.05) is 0 Å². The molecule has 4 nitrogen and oxygen atoms in total. The van der Waals surface area contributed by atoms with Crippen molar-refractivity contribution in [3.05, 3.63) is 0 Å². The second-order valence-corrected chi connectivity index (χ2v) is 3.76. The lowest BCUT2D eigenvalue weighted by atomic mass is 10.3. The molecule has 1 heterocycles. The third kappa shape index (κ3) is 1.60. The predicted octanol–water partition coefficient (Wildman–Crippen LogP) is 0.386. The molecule has 0 aliphatic carbocycles. The summed E-state index contributed by atoms with van der Waals surface area (Å²) < 4.78 is 11.8. The van der Waals surface area contributed by atoms with Crippen molar-refractivity contribution in [2.24, 2.45) is 0 Å². The molecule has 1 aliphatic rings.